The Hall–Kier alpha value is -0.930. The third-order valence-corrected chi connectivity index (χ3v) is 6.36. The van der Waals surface area contributed by atoms with Crippen molar-refractivity contribution in [2.75, 3.05) is 0 Å². The lowest BCUT2D eigenvalue weighted by atomic mass is 10.4. The van der Waals surface area contributed by atoms with E-state index in [1.54, 1.807) is 8.97 Å². The summed E-state index contributed by atoms with van der Waals surface area (Å²) in [5.74, 6) is 1.27. The van der Waals surface area contributed by atoms with Crippen LogP contribution in [0.2, 0.25) is 0 Å². The molecular weight excluding hydrogens is 480 g/mol. The fourth-order valence-corrected chi connectivity index (χ4v) is 3.40. The standard InChI is InChI=1S/C13H13Br3N6/c1-5(2)8(14)20-11(17)21-9(15)6(3)18-13(21)22-10(16)7(4)19-12(20)22/h17H,1-4H3. The van der Waals surface area contributed by atoms with Gasteiger partial charge in [-0.2, -0.15) is 0 Å². The molecule has 3 heterocycles. The summed E-state index contributed by atoms with van der Waals surface area (Å²) in [5, 5.41) is 8.60. The van der Waals surface area contributed by atoms with Crippen LogP contribution >= 0.6 is 47.8 Å². The first-order valence-corrected chi connectivity index (χ1v) is 8.85. The monoisotopic (exact) mass is 490 g/mol. The van der Waals surface area contributed by atoms with Crippen LogP contribution in [0.15, 0.2) is 14.8 Å². The molecule has 1 N–H and O–H groups in total. The van der Waals surface area contributed by atoms with Gasteiger partial charge in [-0.05, 0) is 81.1 Å². The minimum absolute atomic E-state index is 0.264. The van der Waals surface area contributed by atoms with Crippen LogP contribution in [0.5, 0.6) is 0 Å². The summed E-state index contributed by atoms with van der Waals surface area (Å²) >= 11 is 10.7. The number of aryl methyl sites for hydroxylation is 2. The quantitative estimate of drug-likeness (QED) is 0.558. The third-order valence-electron chi connectivity index (χ3n) is 3.36. The van der Waals surface area contributed by atoms with Crippen molar-refractivity contribution in [3.05, 3.63) is 31.8 Å². The Kier molecular flexibility index (Phi) is 3.85. The van der Waals surface area contributed by atoms with E-state index in [1.807, 2.05) is 32.1 Å². The van der Waals surface area contributed by atoms with Crippen LogP contribution in [0.4, 0.5) is 0 Å². The molecule has 0 aliphatic rings. The van der Waals surface area contributed by atoms with E-state index in [0.717, 1.165) is 30.8 Å². The molecule has 116 valence electrons. The van der Waals surface area contributed by atoms with Gasteiger partial charge >= 0.3 is 0 Å². The molecule has 9 heteroatoms. The van der Waals surface area contributed by atoms with Gasteiger partial charge in [0.25, 0.3) is 0 Å². The van der Waals surface area contributed by atoms with Gasteiger partial charge in [-0.25, -0.2) is 23.3 Å². The third kappa shape index (κ3) is 2.05. The first-order chi connectivity index (χ1) is 10.3. The zero-order valence-electron chi connectivity index (χ0n) is 12.4. The van der Waals surface area contributed by atoms with Gasteiger partial charge in [0.1, 0.15) is 9.21 Å². The summed E-state index contributed by atoms with van der Waals surface area (Å²) in [6, 6.07) is 0. The lowest BCUT2D eigenvalue weighted by Crippen LogP contribution is -2.28. The average Bonchev–Trinajstić information content (AvgIpc) is 2.89. The van der Waals surface area contributed by atoms with Crippen molar-refractivity contribution in [3.8, 4) is 0 Å². The van der Waals surface area contributed by atoms with Gasteiger partial charge in [-0.1, -0.05) is 0 Å². The molecule has 0 bridgehead atoms. The molecule has 6 nitrogen and oxygen atoms in total. The number of hydrogen-bond acceptors (Lipinski definition) is 3. The summed E-state index contributed by atoms with van der Waals surface area (Å²) in [6.45, 7) is 7.79. The normalized spacial score (nSPS) is 11.6. The number of nitrogens with zero attached hydrogens (tertiary/aromatic N) is 5. The number of hydrogen-bond donors (Lipinski definition) is 1. The molecule has 0 amide bonds. The zero-order valence-corrected chi connectivity index (χ0v) is 17.1. The van der Waals surface area contributed by atoms with Crippen molar-refractivity contribution in [3.63, 3.8) is 0 Å². The summed E-state index contributed by atoms with van der Waals surface area (Å²) in [6.07, 6.45) is 0. The van der Waals surface area contributed by atoms with Gasteiger partial charge in [0.2, 0.25) is 17.2 Å². The maximum Gasteiger partial charge on any atom is 0.225 e. The predicted octanol–water partition coefficient (Wildman–Crippen LogP) is 4.01. The van der Waals surface area contributed by atoms with E-state index in [4.69, 9.17) is 5.41 Å². The summed E-state index contributed by atoms with van der Waals surface area (Å²) in [7, 11) is 0. The van der Waals surface area contributed by atoms with Gasteiger partial charge in [0, 0.05) is 0 Å². The number of imidazole rings is 2. The lowest BCUT2D eigenvalue weighted by molar-refractivity contribution is 0.799. The van der Waals surface area contributed by atoms with Gasteiger partial charge in [0.15, 0.2) is 0 Å². The second-order valence-corrected chi connectivity index (χ2v) is 7.45. The van der Waals surface area contributed by atoms with E-state index in [9.17, 15) is 0 Å². The minimum Gasteiger partial charge on any atom is -0.268 e. The van der Waals surface area contributed by atoms with Crippen molar-refractivity contribution in [2.24, 2.45) is 0 Å². The van der Waals surface area contributed by atoms with Crippen LogP contribution in [0.3, 0.4) is 0 Å². The maximum absolute atomic E-state index is 8.60. The van der Waals surface area contributed by atoms with Crippen molar-refractivity contribution in [2.45, 2.75) is 27.7 Å². The highest BCUT2D eigenvalue weighted by atomic mass is 79.9. The minimum atomic E-state index is 0.264. The molecule has 0 aromatic carbocycles. The molecule has 0 aliphatic heterocycles. The van der Waals surface area contributed by atoms with Crippen LogP contribution in [0.1, 0.15) is 25.2 Å². The topological polar surface area (TPSA) is 63.4 Å². The molecule has 0 saturated carbocycles. The average molecular weight is 493 g/mol. The highest BCUT2D eigenvalue weighted by Crippen LogP contribution is 2.26. The van der Waals surface area contributed by atoms with Crippen LogP contribution in [-0.2, 0) is 0 Å². The van der Waals surface area contributed by atoms with Crippen LogP contribution in [0.25, 0.3) is 16.2 Å². The molecule has 22 heavy (non-hydrogen) atoms. The van der Waals surface area contributed by atoms with Gasteiger partial charge in [0.05, 0.1) is 16.0 Å². The Morgan fingerprint density at radius 3 is 2.00 bits per heavy atom. The number of allylic oxidation sites excluding steroid dienone is 1. The number of fused-ring (bicyclic) bond motifs is 3. The van der Waals surface area contributed by atoms with E-state index in [0.29, 0.717) is 11.6 Å². The first kappa shape index (κ1) is 15.9. The zero-order chi connectivity index (χ0) is 16.3. The molecule has 0 saturated heterocycles. The molecular formula is C13H13Br3N6. The molecule has 3 rings (SSSR count). The van der Waals surface area contributed by atoms with Crippen molar-refractivity contribution < 1.29 is 0 Å². The van der Waals surface area contributed by atoms with Crippen LogP contribution in [0, 0.1) is 19.3 Å². The molecule has 0 radical (unpaired) electrons. The van der Waals surface area contributed by atoms with Gasteiger partial charge < -0.3 is 0 Å². The molecule has 0 aliphatic carbocycles. The van der Waals surface area contributed by atoms with Crippen molar-refractivity contribution in [1.82, 2.24) is 23.3 Å². The summed E-state index contributed by atoms with van der Waals surface area (Å²) < 4.78 is 7.78. The number of rotatable bonds is 1. The number of halogens is 3. The Bertz CT molecular complexity index is 1020. The molecule has 3 aromatic rings. The predicted molar refractivity (Wildman–Crippen MR) is 96.2 cm³/mol. The summed E-state index contributed by atoms with van der Waals surface area (Å²) in [5.41, 5.74) is 2.97. The Balaban J connectivity index is 2.73. The Labute approximate surface area is 151 Å². The first-order valence-electron chi connectivity index (χ1n) is 6.47. The highest BCUT2D eigenvalue weighted by Gasteiger charge is 2.20. The van der Waals surface area contributed by atoms with Crippen molar-refractivity contribution in [1.29, 1.82) is 5.41 Å². The molecule has 0 unspecified atom stereocenters. The van der Waals surface area contributed by atoms with Crippen LogP contribution in [-0.4, -0.2) is 23.3 Å². The van der Waals surface area contributed by atoms with E-state index < -0.39 is 0 Å². The molecule has 0 spiro atoms. The van der Waals surface area contributed by atoms with E-state index in [-0.39, 0.29) is 5.62 Å². The van der Waals surface area contributed by atoms with Crippen molar-refractivity contribution >= 4 is 64.0 Å². The fourth-order valence-electron chi connectivity index (χ4n) is 2.26. The summed E-state index contributed by atoms with van der Waals surface area (Å²) in [4.78, 5) is 9.16. The maximum atomic E-state index is 8.60. The smallest absolute Gasteiger partial charge is 0.225 e. The van der Waals surface area contributed by atoms with E-state index in [2.05, 4.69) is 57.8 Å². The highest BCUT2D eigenvalue weighted by molar-refractivity contribution is 9.14. The van der Waals surface area contributed by atoms with E-state index in [1.165, 1.54) is 0 Å². The molecule has 0 atom stereocenters. The molecule has 3 aromatic heterocycles. The van der Waals surface area contributed by atoms with Gasteiger partial charge in [-0.3, -0.25) is 5.41 Å². The fraction of sp³-hybridized carbons (Fsp3) is 0.308. The van der Waals surface area contributed by atoms with Crippen LogP contribution < -0.4 is 5.62 Å². The largest absolute Gasteiger partial charge is 0.268 e. The second kappa shape index (κ2) is 5.31. The lowest BCUT2D eigenvalue weighted by Gasteiger charge is -2.12. The number of aromatic nitrogens is 5. The SMILES string of the molecule is CC(C)=C(Br)n1c(=N)n2c(Br)c(C)nc2n2c(Br)c(C)nc12. The number of nitrogens with one attached hydrogen (secondary N) is 1. The van der Waals surface area contributed by atoms with E-state index >= 15 is 0 Å². The Morgan fingerprint density at radius 2 is 1.45 bits per heavy atom. The van der Waals surface area contributed by atoms with Gasteiger partial charge in [-0.15, -0.1) is 0 Å². The second-order valence-electron chi connectivity index (χ2n) is 5.20. The Morgan fingerprint density at radius 1 is 0.955 bits per heavy atom. The molecule has 0 fully saturated rings.